The summed E-state index contributed by atoms with van der Waals surface area (Å²) in [6, 6.07) is 9.83. The van der Waals surface area contributed by atoms with Gasteiger partial charge in [-0.15, -0.1) is 0 Å². The summed E-state index contributed by atoms with van der Waals surface area (Å²) in [5, 5.41) is 13.4. The van der Waals surface area contributed by atoms with Crippen molar-refractivity contribution in [3.63, 3.8) is 0 Å². The number of nitro groups is 1. The molecule has 0 heterocycles. The molecule has 0 aliphatic heterocycles. The van der Waals surface area contributed by atoms with Gasteiger partial charge in [0.2, 0.25) is 0 Å². The number of hydrogen-bond donors (Lipinski definition) is 1. The van der Waals surface area contributed by atoms with E-state index in [2.05, 4.69) is 5.32 Å². The molecule has 0 spiro atoms. The summed E-state index contributed by atoms with van der Waals surface area (Å²) in [4.78, 5) is 33.9. The number of ether oxygens (including phenoxy) is 1. The van der Waals surface area contributed by atoms with Gasteiger partial charge in [0.15, 0.2) is 6.61 Å². The molecule has 0 aliphatic rings. The molecule has 130 valence electrons. The lowest BCUT2D eigenvalue weighted by molar-refractivity contribution is -0.384. The first-order valence-electron chi connectivity index (χ1n) is 7.30. The third kappa shape index (κ3) is 5.10. The lowest BCUT2D eigenvalue weighted by Gasteiger charge is -2.09. The largest absolute Gasteiger partial charge is 0.455 e. The van der Waals surface area contributed by atoms with Crippen LogP contribution in [0.3, 0.4) is 0 Å². The van der Waals surface area contributed by atoms with E-state index in [1.807, 2.05) is 0 Å². The molecule has 0 unspecified atom stereocenters. The number of amides is 1. The van der Waals surface area contributed by atoms with Gasteiger partial charge in [0.25, 0.3) is 11.6 Å². The normalized spacial score (nSPS) is 10.2. The van der Waals surface area contributed by atoms with Crippen molar-refractivity contribution in [3.05, 3.63) is 69.5 Å². The fraction of sp³-hybridized carbons (Fsp3) is 0.176. The Labute approximate surface area is 142 Å². The van der Waals surface area contributed by atoms with E-state index < -0.39 is 29.2 Å². The summed E-state index contributed by atoms with van der Waals surface area (Å²) >= 11 is 0. The molecule has 0 saturated carbocycles. The second-order valence-electron chi connectivity index (χ2n) is 5.24. The van der Waals surface area contributed by atoms with E-state index in [1.54, 1.807) is 19.1 Å². The lowest BCUT2D eigenvalue weighted by Crippen LogP contribution is -2.22. The molecule has 0 atom stereocenters. The highest BCUT2D eigenvalue weighted by Gasteiger charge is 2.18. The number of benzene rings is 2. The molecule has 0 saturated heterocycles. The highest BCUT2D eigenvalue weighted by atomic mass is 19.1. The van der Waals surface area contributed by atoms with Crippen molar-refractivity contribution in [2.45, 2.75) is 13.3 Å². The van der Waals surface area contributed by atoms with Gasteiger partial charge in [0.05, 0.1) is 11.3 Å². The van der Waals surface area contributed by atoms with E-state index >= 15 is 0 Å². The molecule has 25 heavy (non-hydrogen) atoms. The average Bonchev–Trinajstić information content (AvgIpc) is 2.54. The maximum absolute atomic E-state index is 13.0. The van der Waals surface area contributed by atoms with Crippen LogP contribution < -0.4 is 5.32 Å². The minimum Gasteiger partial charge on any atom is -0.455 e. The van der Waals surface area contributed by atoms with E-state index in [1.165, 1.54) is 30.3 Å². The van der Waals surface area contributed by atoms with Crippen molar-refractivity contribution in [3.8, 4) is 0 Å². The standard InChI is InChI=1S/C17H15FN2O5/c1-11-4-2-7-14(20(23)24)17(11)19-15(21)10-25-16(22)9-12-5-3-6-13(18)8-12/h2-8H,9-10H2,1H3,(H,19,21). The Morgan fingerprint density at radius 2 is 1.96 bits per heavy atom. The van der Waals surface area contributed by atoms with Gasteiger partial charge in [0, 0.05) is 6.07 Å². The molecule has 0 fully saturated rings. The highest BCUT2D eigenvalue weighted by Crippen LogP contribution is 2.27. The van der Waals surface area contributed by atoms with Gasteiger partial charge in [-0.2, -0.15) is 0 Å². The Bertz CT molecular complexity index is 822. The fourth-order valence-electron chi connectivity index (χ4n) is 2.15. The van der Waals surface area contributed by atoms with Crippen LogP contribution in [0.15, 0.2) is 42.5 Å². The number of aryl methyl sites for hydroxylation is 1. The van der Waals surface area contributed by atoms with Crippen LogP contribution in [0.1, 0.15) is 11.1 Å². The smallest absolute Gasteiger partial charge is 0.310 e. The Kier molecular flexibility index (Phi) is 5.78. The molecule has 1 N–H and O–H groups in total. The summed E-state index contributed by atoms with van der Waals surface area (Å²) in [5.41, 5.74) is 0.728. The number of anilines is 1. The van der Waals surface area contributed by atoms with Crippen LogP contribution in [-0.2, 0) is 20.7 Å². The number of rotatable bonds is 6. The molecule has 2 aromatic carbocycles. The summed E-state index contributed by atoms with van der Waals surface area (Å²) in [5.74, 6) is -1.89. The molecule has 0 aromatic heterocycles. The lowest BCUT2D eigenvalue weighted by atomic mass is 10.1. The molecule has 0 bridgehead atoms. The van der Waals surface area contributed by atoms with E-state index in [0.717, 1.165) is 0 Å². The van der Waals surface area contributed by atoms with E-state index in [4.69, 9.17) is 4.74 Å². The molecular formula is C17H15FN2O5. The fourth-order valence-corrected chi connectivity index (χ4v) is 2.15. The Morgan fingerprint density at radius 3 is 2.64 bits per heavy atom. The van der Waals surface area contributed by atoms with Crippen molar-refractivity contribution in [1.82, 2.24) is 0 Å². The summed E-state index contributed by atoms with van der Waals surface area (Å²) in [6.45, 7) is 1.01. The number of esters is 1. The van der Waals surface area contributed by atoms with Crippen molar-refractivity contribution in [2.24, 2.45) is 0 Å². The van der Waals surface area contributed by atoms with Crippen LogP contribution in [0.25, 0.3) is 0 Å². The summed E-state index contributed by atoms with van der Waals surface area (Å²) in [7, 11) is 0. The average molecular weight is 346 g/mol. The molecule has 1 amide bonds. The van der Waals surface area contributed by atoms with E-state index in [-0.39, 0.29) is 17.8 Å². The zero-order chi connectivity index (χ0) is 18.4. The number of carbonyl (C=O) groups is 2. The number of nitro benzene ring substituents is 1. The second-order valence-corrected chi connectivity index (χ2v) is 5.24. The third-order valence-electron chi connectivity index (χ3n) is 3.31. The number of nitrogens with one attached hydrogen (secondary N) is 1. The summed E-state index contributed by atoms with van der Waals surface area (Å²) in [6.07, 6.45) is -0.185. The van der Waals surface area contributed by atoms with Crippen molar-refractivity contribution in [1.29, 1.82) is 0 Å². The van der Waals surface area contributed by atoms with E-state index in [9.17, 15) is 24.1 Å². The van der Waals surface area contributed by atoms with Crippen molar-refractivity contribution >= 4 is 23.3 Å². The first-order valence-corrected chi connectivity index (χ1v) is 7.30. The van der Waals surface area contributed by atoms with Gasteiger partial charge >= 0.3 is 5.97 Å². The van der Waals surface area contributed by atoms with Crippen LogP contribution in [0, 0.1) is 22.9 Å². The SMILES string of the molecule is Cc1cccc([N+](=O)[O-])c1NC(=O)COC(=O)Cc1cccc(F)c1. The topological polar surface area (TPSA) is 98.5 Å². The van der Waals surface area contributed by atoms with Gasteiger partial charge in [-0.25, -0.2) is 4.39 Å². The third-order valence-corrected chi connectivity index (χ3v) is 3.31. The van der Waals surface area contributed by atoms with Crippen LogP contribution >= 0.6 is 0 Å². The zero-order valence-corrected chi connectivity index (χ0v) is 13.3. The number of carbonyl (C=O) groups excluding carboxylic acids is 2. The monoisotopic (exact) mass is 346 g/mol. The molecular weight excluding hydrogens is 331 g/mol. The second kappa shape index (κ2) is 8.00. The Morgan fingerprint density at radius 1 is 1.24 bits per heavy atom. The predicted molar refractivity (Wildman–Crippen MR) is 87.5 cm³/mol. The first-order chi connectivity index (χ1) is 11.9. The van der Waals surface area contributed by atoms with E-state index in [0.29, 0.717) is 11.1 Å². The number of hydrogen-bond acceptors (Lipinski definition) is 5. The highest BCUT2D eigenvalue weighted by molar-refractivity contribution is 5.95. The maximum Gasteiger partial charge on any atom is 0.310 e. The Hall–Kier alpha value is -3.29. The van der Waals surface area contributed by atoms with Gasteiger partial charge in [-0.1, -0.05) is 24.3 Å². The minimum absolute atomic E-state index is 0.0543. The van der Waals surface area contributed by atoms with Gasteiger partial charge in [0.1, 0.15) is 11.5 Å². The van der Waals surface area contributed by atoms with Crippen molar-refractivity contribution < 1.29 is 23.6 Å². The first kappa shape index (κ1) is 18.1. The molecule has 0 radical (unpaired) electrons. The number of nitrogens with zero attached hydrogens (tertiary/aromatic N) is 1. The number of para-hydroxylation sites is 1. The van der Waals surface area contributed by atoms with Gasteiger partial charge in [-0.3, -0.25) is 19.7 Å². The molecule has 8 heteroatoms. The van der Waals surface area contributed by atoms with Crippen molar-refractivity contribution in [2.75, 3.05) is 11.9 Å². The maximum atomic E-state index is 13.0. The zero-order valence-electron chi connectivity index (χ0n) is 13.3. The number of halogens is 1. The van der Waals surface area contributed by atoms with Crippen LogP contribution in [-0.4, -0.2) is 23.4 Å². The van der Waals surface area contributed by atoms with Crippen LogP contribution in [0.4, 0.5) is 15.8 Å². The van der Waals surface area contributed by atoms with Crippen LogP contribution in [0.2, 0.25) is 0 Å². The Balaban J connectivity index is 1.93. The molecule has 2 rings (SSSR count). The summed E-state index contributed by atoms with van der Waals surface area (Å²) < 4.78 is 17.9. The van der Waals surface area contributed by atoms with Gasteiger partial charge in [-0.05, 0) is 30.2 Å². The molecule has 2 aromatic rings. The molecule has 7 nitrogen and oxygen atoms in total. The minimum atomic E-state index is -0.708. The molecule has 0 aliphatic carbocycles. The predicted octanol–water partition coefficient (Wildman–Crippen LogP) is 2.77. The van der Waals surface area contributed by atoms with Gasteiger partial charge < -0.3 is 10.1 Å². The van der Waals surface area contributed by atoms with Crippen LogP contribution in [0.5, 0.6) is 0 Å². The quantitative estimate of drug-likeness (QED) is 0.493.